The summed E-state index contributed by atoms with van der Waals surface area (Å²) in [6.07, 6.45) is -0.602. The zero-order valence-corrected chi connectivity index (χ0v) is 13.9. The molecule has 0 aliphatic heterocycles. The third kappa shape index (κ3) is 4.55. The van der Waals surface area contributed by atoms with Crippen molar-refractivity contribution in [1.82, 2.24) is 5.32 Å². The van der Waals surface area contributed by atoms with Crippen molar-refractivity contribution in [1.29, 1.82) is 0 Å². The maximum atomic E-state index is 12.9. The minimum absolute atomic E-state index is 0.201. The average molecular weight is 315 g/mol. The first-order valence-corrected chi connectivity index (χ1v) is 7.63. The lowest BCUT2D eigenvalue weighted by molar-refractivity contribution is -0.127. The van der Waals surface area contributed by atoms with Crippen molar-refractivity contribution in [3.63, 3.8) is 0 Å². The van der Waals surface area contributed by atoms with Crippen molar-refractivity contribution in [2.24, 2.45) is 0 Å². The number of aryl methyl sites for hydroxylation is 2. The lowest BCUT2D eigenvalue weighted by atomic mass is 10.1. The first kappa shape index (κ1) is 17.0. The minimum atomic E-state index is -0.602. The number of nitrogens with one attached hydrogen (secondary N) is 1. The Morgan fingerprint density at radius 3 is 2.48 bits per heavy atom. The highest BCUT2D eigenvalue weighted by molar-refractivity contribution is 5.80. The van der Waals surface area contributed by atoms with Gasteiger partial charge in [0.25, 0.3) is 5.91 Å². The van der Waals surface area contributed by atoms with Crippen LogP contribution in [0.5, 0.6) is 5.75 Å². The highest BCUT2D eigenvalue weighted by Crippen LogP contribution is 2.24. The van der Waals surface area contributed by atoms with Crippen LogP contribution >= 0.6 is 0 Å². The van der Waals surface area contributed by atoms with E-state index in [2.05, 4.69) is 11.4 Å². The number of hydrogen-bond acceptors (Lipinski definition) is 2. The first-order chi connectivity index (χ1) is 10.9. The lowest BCUT2D eigenvalue weighted by Crippen LogP contribution is -2.36. The molecule has 4 heteroatoms. The Balaban J connectivity index is 1.96. The Hall–Kier alpha value is -2.36. The standard InChI is InChI=1S/C19H22FNO2/c1-12-9-13(2)14(3)18(10-12)23-15(4)19(22)21-11-16-5-7-17(20)8-6-16/h5-10,15H,11H2,1-4H3,(H,21,22). The van der Waals surface area contributed by atoms with Crippen molar-refractivity contribution >= 4 is 5.91 Å². The number of amides is 1. The van der Waals surface area contributed by atoms with Crippen molar-refractivity contribution in [2.45, 2.75) is 40.3 Å². The smallest absolute Gasteiger partial charge is 0.261 e. The van der Waals surface area contributed by atoms with E-state index in [0.29, 0.717) is 6.54 Å². The van der Waals surface area contributed by atoms with E-state index in [1.54, 1.807) is 19.1 Å². The summed E-state index contributed by atoms with van der Waals surface area (Å²) in [6, 6.07) is 10.1. The monoisotopic (exact) mass is 315 g/mol. The number of hydrogen-bond donors (Lipinski definition) is 1. The van der Waals surface area contributed by atoms with Crippen LogP contribution in [0.15, 0.2) is 36.4 Å². The van der Waals surface area contributed by atoms with Gasteiger partial charge >= 0.3 is 0 Å². The fourth-order valence-corrected chi connectivity index (χ4v) is 2.30. The van der Waals surface area contributed by atoms with Crippen molar-refractivity contribution in [2.75, 3.05) is 0 Å². The van der Waals surface area contributed by atoms with Crippen LogP contribution in [-0.2, 0) is 11.3 Å². The van der Waals surface area contributed by atoms with Gasteiger partial charge in [0.05, 0.1) is 0 Å². The summed E-state index contributed by atoms with van der Waals surface area (Å²) in [4.78, 5) is 12.2. The second-order valence-electron chi connectivity index (χ2n) is 5.81. The molecule has 0 spiro atoms. The molecule has 23 heavy (non-hydrogen) atoms. The highest BCUT2D eigenvalue weighted by atomic mass is 19.1. The van der Waals surface area contributed by atoms with Gasteiger partial charge in [0.15, 0.2) is 6.10 Å². The number of ether oxygens (including phenoxy) is 1. The molecule has 0 saturated carbocycles. The number of rotatable bonds is 5. The molecule has 0 saturated heterocycles. The molecule has 1 atom stereocenters. The molecule has 0 aliphatic rings. The van der Waals surface area contributed by atoms with Crippen LogP contribution < -0.4 is 10.1 Å². The molecule has 2 aromatic rings. The Morgan fingerprint density at radius 2 is 1.83 bits per heavy atom. The summed E-state index contributed by atoms with van der Waals surface area (Å²) in [5.74, 6) is 0.238. The maximum Gasteiger partial charge on any atom is 0.261 e. The SMILES string of the molecule is Cc1cc(C)c(C)c(OC(C)C(=O)NCc2ccc(F)cc2)c1. The van der Waals surface area contributed by atoms with Crippen LogP contribution in [-0.4, -0.2) is 12.0 Å². The molecule has 3 nitrogen and oxygen atoms in total. The molecule has 2 rings (SSSR count). The zero-order valence-electron chi connectivity index (χ0n) is 13.9. The largest absolute Gasteiger partial charge is 0.481 e. The van der Waals surface area contributed by atoms with Gasteiger partial charge in [-0.15, -0.1) is 0 Å². The predicted molar refractivity (Wildman–Crippen MR) is 89.0 cm³/mol. The van der Waals surface area contributed by atoms with Gasteiger partial charge in [-0.2, -0.15) is 0 Å². The molecule has 0 bridgehead atoms. The van der Waals surface area contributed by atoms with Crippen LogP contribution in [0.3, 0.4) is 0 Å². The molecule has 1 amide bonds. The molecule has 0 fully saturated rings. The summed E-state index contributed by atoms with van der Waals surface area (Å²) >= 11 is 0. The molecule has 0 aromatic heterocycles. The van der Waals surface area contributed by atoms with Crippen molar-refractivity contribution in [3.8, 4) is 5.75 Å². The number of carbonyl (C=O) groups excluding carboxylic acids is 1. The molecular formula is C19H22FNO2. The summed E-state index contributed by atoms with van der Waals surface area (Å²) < 4.78 is 18.7. The quantitative estimate of drug-likeness (QED) is 0.910. The molecule has 0 heterocycles. The summed E-state index contributed by atoms with van der Waals surface area (Å²) in [5, 5.41) is 2.80. The van der Waals surface area contributed by atoms with Gasteiger partial charge in [-0.05, 0) is 68.1 Å². The maximum absolute atomic E-state index is 12.9. The Labute approximate surface area is 136 Å². The van der Waals surface area contributed by atoms with Crippen LogP contribution in [0, 0.1) is 26.6 Å². The predicted octanol–water partition coefficient (Wildman–Crippen LogP) is 3.83. The minimum Gasteiger partial charge on any atom is -0.481 e. The van der Waals surface area contributed by atoms with Gasteiger partial charge in [0.1, 0.15) is 11.6 Å². The Morgan fingerprint density at radius 1 is 1.17 bits per heavy atom. The Kier molecular flexibility index (Phi) is 5.37. The normalized spacial score (nSPS) is 11.9. The molecule has 1 unspecified atom stereocenters. The fourth-order valence-electron chi connectivity index (χ4n) is 2.30. The summed E-state index contributed by atoms with van der Waals surface area (Å²) in [5.41, 5.74) is 4.12. The van der Waals surface area contributed by atoms with Crippen LogP contribution in [0.2, 0.25) is 0 Å². The molecular weight excluding hydrogens is 293 g/mol. The van der Waals surface area contributed by atoms with Gasteiger partial charge in [-0.3, -0.25) is 4.79 Å². The first-order valence-electron chi connectivity index (χ1n) is 7.63. The Bertz CT molecular complexity index is 695. The molecule has 122 valence electrons. The van der Waals surface area contributed by atoms with Gasteiger partial charge < -0.3 is 10.1 Å². The van der Waals surface area contributed by atoms with Crippen LogP contribution in [0.4, 0.5) is 4.39 Å². The van der Waals surface area contributed by atoms with E-state index in [1.807, 2.05) is 26.8 Å². The molecule has 0 aliphatic carbocycles. The van der Waals surface area contributed by atoms with Crippen molar-refractivity contribution in [3.05, 3.63) is 64.5 Å². The van der Waals surface area contributed by atoms with E-state index in [-0.39, 0.29) is 11.7 Å². The molecule has 0 radical (unpaired) electrons. The van der Waals surface area contributed by atoms with E-state index >= 15 is 0 Å². The summed E-state index contributed by atoms with van der Waals surface area (Å²) in [7, 11) is 0. The summed E-state index contributed by atoms with van der Waals surface area (Å²) in [6.45, 7) is 8.07. The number of carbonyl (C=O) groups is 1. The topological polar surface area (TPSA) is 38.3 Å². The van der Waals surface area contributed by atoms with Gasteiger partial charge in [0, 0.05) is 6.54 Å². The van der Waals surface area contributed by atoms with E-state index in [0.717, 1.165) is 28.0 Å². The van der Waals surface area contributed by atoms with Crippen LogP contribution in [0.25, 0.3) is 0 Å². The number of halogens is 1. The molecule has 2 aromatic carbocycles. The average Bonchev–Trinajstić information content (AvgIpc) is 2.51. The van der Waals surface area contributed by atoms with Crippen LogP contribution in [0.1, 0.15) is 29.2 Å². The second-order valence-corrected chi connectivity index (χ2v) is 5.81. The van der Waals surface area contributed by atoms with E-state index in [9.17, 15) is 9.18 Å². The van der Waals surface area contributed by atoms with E-state index in [1.165, 1.54) is 12.1 Å². The zero-order chi connectivity index (χ0) is 17.0. The van der Waals surface area contributed by atoms with Gasteiger partial charge in [-0.25, -0.2) is 4.39 Å². The highest BCUT2D eigenvalue weighted by Gasteiger charge is 2.16. The third-order valence-electron chi connectivity index (χ3n) is 3.82. The van der Waals surface area contributed by atoms with Gasteiger partial charge in [-0.1, -0.05) is 18.2 Å². The van der Waals surface area contributed by atoms with Gasteiger partial charge in [0.2, 0.25) is 0 Å². The fraction of sp³-hybridized carbons (Fsp3) is 0.316. The molecule has 1 N–H and O–H groups in total. The second kappa shape index (κ2) is 7.27. The number of benzene rings is 2. The van der Waals surface area contributed by atoms with E-state index < -0.39 is 6.10 Å². The lowest BCUT2D eigenvalue weighted by Gasteiger charge is -2.18. The third-order valence-corrected chi connectivity index (χ3v) is 3.82. The van der Waals surface area contributed by atoms with E-state index in [4.69, 9.17) is 4.74 Å². The van der Waals surface area contributed by atoms with Crippen molar-refractivity contribution < 1.29 is 13.9 Å².